The first-order chi connectivity index (χ1) is 20.6. The van der Waals surface area contributed by atoms with Gasteiger partial charge in [-0.05, 0) is 92.8 Å². The summed E-state index contributed by atoms with van der Waals surface area (Å²) in [7, 11) is 0. The number of anilines is 1. The van der Waals surface area contributed by atoms with E-state index < -0.39 is 0 Å². The first-order valence-corrected chi connectivity index (χ1v) is 15.7. The molecule has 9 nitrogen and oxygen atoms in total. The van der Waals surface area contributed by atoms with E-state index in [9.17, 15) is 14.4 Å². The van der Waals surface area contributed by atoms with E-state index in [0.29, 0.717) is 36.3 Å². The summed E-state index contributed by atoms with van der Waals surface area (Å²) in [5.74, 6) is -0.186. The summed E-state index contributed by atoms with van der Waals surface area (Å²) in [6, 6.07) is 11.8. The first kappa shape index (κ1) is 32.5. The van der Waals surface area contributed by atoms with E-state index in [2.05, 4.69) is 47.7 Å². The molecule has 0 bridgehead atoms. The van der Waals surface area contributed by atoms with Crippen LogP contribution in [0.5, 0.6) is 0 Å². The van der Waals surface area contributed by atoms with Gasteiger partial charge >= 0.3 is 0 Å². The van der Waals surface area contributed by atoms with E-state index in [1.54, 1.807) is 12.1 Å². The fourth-order valence-corrected chi connectivity index (χ4v) is 6.56. The number of nitrogens with one attached hydrogen (secondary N) is 3. The third kappa shape index (κ3) is 7.75. The number of hydrogen-bond acceptors (Lipinski definition) is 6. The van der Waals surface area contributed by atoms with Crippen LogP contribution in [0.1, 0.15) is 73.2 Å². The van der Waals surface area contributed by atoms with Crippen LogP contribution < -0.4 is 20.9 Å². The molecule has 2 saturated heterocycles. The lowest BCUT2D eigenvalue weighted by Crippen LogP contribution is -2.52. The fraction of sp³-hybridized carbons (Fsp3) is 0.559. The average molecular weight is 593 g/mol. The molecule has 2 heterocycles. The number of amides is 3. The molecule has 2 aromatic carbocycles. The van der Waals surface area contributed by atoms with Crippen molar-refractivity contribution in [2.45, 2.75) is 66.0 Å². The quantitative estimate of drug-likeness (QED) is 0.314. The number of piperidine rings is 1. The molecule has 4 N–H and O–H groups in total. The molecule has 9 heteroatoms. The number of benzene rings is 2. The molecule has 2 fully saturated rings. The van der Waals surface area contributed by atoms with Crippen LogP contribution in [0.25, 0.3) is 11.1 Å². The molecular formula is C34H48N4O5. The predicted octanol–water partition coefficient (Wildman–Crippen LogP) is 3.92. The Kier molecular flexibility index (Phi) is 11.2. The maximum absolute atomic E-state index is 13.9. The molecule has 3 amide bonds. The number of hydrogen-bond donors (Lipinski definition) is 4. The zero-order chi connectivity index (χ0) is 31.1. The van der Waals surface area contributed by atoms with Gasteiger partial charge < -0.3 is 30.7 Å². The lowest BCUT2D eigenvalue weighted by atomic mass is 9.76. The normalized spacial score (nSPS) is 20.9. The van der Waals surface area contributed by atoms with Crippen molar-refractivity contribution in [1.29, 1.82) is 0 Å². The SMILES string of the molecule is CCN(c1cc(-c2ccc(C(=O)NCCO)cc2)cc(C(=O)NCC2C(=O)NC(C)CC2C(C)C)c1C)C1CCOCC1. The standard InChI is InChI=1S/C34H48N4O5/c1-6-38(27-11-15-43-16-12-27)31-19-26(24-7-9-25(10-8-24)32(40)35-13-14-39)18-29(23(31)5)33(41)36-20-30-28(21(2)3)17-22(4)37-34(30)42/h7-10,18-19,21-22,27-28,30,39H,6,11-17,20H2,1-5H3,(H,35,40)(H,36,41)(H,37,42). The third-order valence-corrected chi connectivity index (χ3v) is 8.99. The van der Waals surface area contributed by atoms with Crippen LogP contribution in [0, 0.1) is 24.7 Å². The molecule has 3 atom stereocenters. The van der Waals surface area contributed by atoms with Gasteiger partial charge in [0.1, 0.15) is 0 Å². The average Bonchev–Trinajstić information content (AvgIpc) is 3.00. The second-order valence-electron chi connectivity index (χ2n) is 12.2. The van der Waals surface area contributed by atoms with E-state index >= 15 is 0 Å². The highest BCUT2D eigenvalue weighted by molar-refractivity contribution is 5.99. The Labute approximate surface area is 255 Å². The molecular weight excluding hydrogens is 544 g/mol. The van der Waals surface area contributed by atoms with Crippen LogP contribution in [-0.2, 0) is 9.53 Å². The van der Waals surface area contributed by atoms with Gasteiger partial charge in [0.15, 0.2) is 0 Å². The largest absolute Gasteiger partial charge is 0.395 e. The Morgan fingerprint density at radius 1 is 1.07 bits per heavy atom. The smallest absolute Gasteiger partial charge is 0.251 e. The van der Waals surface area contributed by atoms with Crippen molar-refractivity contribution >= 4 is 23.4 Å². The van der Waals surface area contributed by atoms with Crippen LogP contribution >= 0.6 is 0 Å². The van der Waals surface area contributed by atoms with Crippen molar-refractivity contribution in [2.24, 2.45) is 17.8 Å². The summed E-state index contributed by atoms with van der Waals surface area (Å²) in [4.78, 5) is 41.6. The molecule has 234 valence electrons. The molecule has 2 aliphatic rings. The van der Waals surface area contributed by atoms with E-state index in [4.69, 9.17) is 9.84 Å². The number of aliphatic hydroxyl groups is 1. The van der Waals surface area contributed by atoms with Gasteiger partial charge in [-0.25, -0.2) is 0 Å². The number of carbonyl (C=O) groups excluding carboxylic acids is 3. The van der Waals surface area contributed by atoms with Gasteiger partial charge in [-0.2, -0.15) is 0 Å². The van der Waals surface area contributed by atoms with Gasteiger partial charge in [0.25, 0.3) is 11.8 Å². The summed E-state index contributed by atoms with van der Waals surface area (Å²) in [5.41, 5.74) is 4.75. The minimum atomic E-state index is -0.276. The zero-order valence-corrected chi connectivity index (χ0v) is 26.2. The monoisotopic (exact) mass is 592 g/mol. The Morgan fingerprint density at radius 3 is 2.40 bits per heavy atom. The second-order valence-corrected chi connectivity index (χ2v) is 12.2. The van der Waals surface area contributed by atoms with Gasteiger partial charge in [0.05, 0.1) is 12.5 Å². The number of aliphatic hydroxyl groups excluding tert-OH is 1. The van der Waals surface area contributed by atoms with Crippen molar-refractivity contribution < 1.29 is 24.2 Å². The summed E-state index contributed by atoms with van der Waals surface area (Å²) in [6.45, 7) is 13.0. The van der Waals surface area contributed by atoms with Crippen LogP contribution in [0.3, 0.4) is 0 Å². The Bertz CT molecular complexity index is 1270. The van der Waals surface area contributed by atoms with E-state index in [-0.39, 0.29) is 55.3 Å². The van der Waals surface area contributed by atoms with Crippen LogP contribution in [-0.4, -0.2) is 74.4 Å². The van der Waals surface area contributed by atoms with Crippen molar-refractivity contribution in [3.8, 4) is 11.1 Å². The van der Waals surface area contributed by atoms with Gasteiger partial charge in [0, 0.05) is 61.7 Å². The van der Waals surface area contributed by atoms with Crippen LogP contribution in [0.4, 0.5) is 5.69 Å². The Hall–Kier alpha value is -3.43. The second kappa shape index (κ2) is 14.8. The van der Waals surface area contributed by atoms with Gasteiger partial charge in [-0.1, -0.05) is 26.0 Å². The highest BCUT2D eigenvalue weighted by Crippen LogP contribution is 2.34. The highest BCUT2D eigenvalue weighted by Gasteiger charge is 2.37. The molecule has 0 spiro atoms. The Morgan fingerprint density at radius 2 is 1.77 bits per heavy atom. The van der Waals surface area contributed by atoms with E-state index in [1.807, 2.05) is 32.0 Å². The molecule has 0 aromatic heterocycles. The topological polar surface area (TPSA) is 120 Å². The zero-order valence-electron chi connectivity index (χ0n) is 26.2. The molecule has 2 aliphatic heterocycles. The molecule has 0 saturated carbocycles. The van der Waals surface area contributed by atoms with E-state index in [1.165, 1.54) is 0 Å². The number of ether oxygens (including phenoxy) is 1. The molecule has 0 aliphatic carbocycles. The van der Waals surface area contributed by atoms with Crippen LogP contribution in [0.2, 0.25) is 0 Å². The minimum absolute atomic E-state index is 0.00343. The number of rotatable bonds is 11. The van der Waals surface area contributed by atoms with Gasteiger partial charge in [-0.3, -0.25) is 14.4 Å². The third-order valence-electron chi connectivity index (χ3n) is 8.99. The van der Waals surface area contributed by atoms with E-state index in [0.717, 1.165) is 48.2 Å². The highest BCUT2D eigenvalue weighted by atomic mass is 16.5. The Balaban J connectivity index is 1.67. The van der Waals surface area contributed by atoms with Gasteiger partial charge in [0.2, 0.25) is 5.91 Å². The summed E-state index contributed by atoms with van der Waals surface area (Å²) in [5, 5.41) is 17.9. The molecule has 4 rings (SSSR count). The molecule has 3 unspecified atom stereocenters. The summed E-state index contributed by atoms with van der Waals surface area (Å²) < 4.78 is 5.63. The summed E-state index contributed by atoms with van der Waals surface area (Å²) in [6.07, 6.45) is 2.73. The maximum Gasteiger partial charge on any atom is 0.251 e. The lowest BCUT2D eigenvalue weighted by Gasteiger charge is -2.37. The fourth-order valence-electron chi connectivity index (χ4n) is 6.56. The number of carbonyl (C=O) groups is 3. The van der Waals surface area contributed by atoms with Crippen molar-refractivity contribution in [3.63, 3.8) is 0 Å². The minimum Gasteiger partial charge on any atom is -0.395 e. The predicted molar refractivity (Wildman–Crippen MR) is 169 cm³/mol. The lowest BCUT2D eigenvalue weighted by molar-refractivity contribution is -0.130. The maximum atomic E-state index is 13.9. The molecule has 43 heavy (non-hydrogen) atoms. The number of nitrogens with zero attached hydrogens (tertiary/aromatic N) is 1. The molecule has 0 radical (unpaired) electrons. The van der Waals surface area contributed by atoms with Crippen LogP contribution in [0.15, 0.2) is 36.4 Å². The van der Waals surface area contributed by atoms with Crippen molar-refractivity contribution in [3.05, 3.63) is 53.1 Å². The van der Waals surface area contributed by atoms with Crippen molar-refractivity contribution in [2.75, 3.05) is 44.4 Å². The molecule has 2 aromatic rings. The van der Waals surface area contributed by atoms with Crippen molar-refractivity contribution in [1.82, 2.24) is 16.0 Å². The summed E-state index contributed by atoms with van der Waals surface area (Å²) >= 11 is 0. The first-order valence-electron chi connectivity index (χ1n) is 15.7. The van der Waals surface area contributed by atoms with Gasteiger partial charge in [-0.15, -0.1) is 0 Å².